The number of aliphatic hydroxyl groups excluding tert-OH is 2. The summed E-state index contributed by atoms with van der Waals surface area (Å²) in [4.78, 5) is 24.4. The number of ether oxygens (including phenoxy) is 1. The highest BCUT2D eigenvalue weighted by molar-refractivity contribution is 5.76. The summed E-state index contributed by atoms with van der Waals surface area (Å²) >= 11 is 0. The molecule has 2 unspecified atom stereocenters. The van der Waals surface area contributed by atoms with Gasteiger partial charge in [-0.05, 0) is 57.8 Å². The Bertz CT molecular complexity index is 858. The van der Waals surface area contributed by atoms with Crippen molar-refractivity contribution in [1.29, 1.82) is 0 Å². The Hall–Kier alpha value is -1.66. The molecule has 1 amide bonds. The summed E-state index contributed by atoms with van der Waals surface area (Å²) in [6.45, 7) is 4.84. The predicted molar refractivity (Wildman–Crippen MR) is 236 cm³/mol. The molecule has 324 valence electrons. The molecule has 55 heavy (non-hydrogen) atoms. The zero-order chi connectivity index (χ0) is 40.1. The van der Waals surface area contributed by atoms with Gasteiger partial charge in [-0.2, -0.15) is 0 Å². The van der Waals surface area contributed by atoms with Crippen molar-refractivity contribution in [3.05, 3.63) is 24.3 Å². The topological polar surface area (TPSA) is 95.9 Å². The maximum absolute atomic E-state index is 12.4. The third kappa shape index (κ3) is 41.8. The van der Waals surface area contributed by atoms with Gasteiger partial charge in [0.15, 0.2) is 0 Å². The van der Waals surface area contributed by atoms with Crippen molar-refractivity contribution in [2.75, 3.05) is 13.2 Å². The van der Waals surface area contributed by atoms with Gasteiger partial charge in [-0.15, -0.1) is 0 Å². The lowest BCUT2D eigenvalue weighted by atomic mass is 10.0. The van der Waals surface area contributed by atoms with Crippen molar-refractivity contribution in [3.8, 4) is 0 Å². The number of esters is 1. The number of nitrogens with one attached hydrogen (secondary N) is 1. The molecule has 2 atom stereocenters. The molecule has 6 nitrogen and oxygen atoms in total. The van der Waals surface area contributed by atoms with Crippen molar-refractivity contribution < 1.29 is 24.5 Å². The fourth-order valence-corrected chi connectivity index (χ4v) is 7.21. The average Bonchev–Trinajstić information content (AvgIpc) is 3.18. The van der Waals surface area contributed by atoms with Gasteiger partial charge < -0.3 is 20.3 Å². The highest BCUT2D eigenvalue weighted by atomic mass is 16.5. The predicted octanol–water partition coefficient (Wildman–Crippen LogP) is 14.0. The van der Waals surface area contributed by atoms with E-state index in [-0.39, 0.29) is 18.5 Å². The summed E-state index contributed by atoms with van der Waals surface area (Å²) in [6.07, 6.45) is 51.6. The fraction of sp³-hybridized carbons (Fsp3) is 0.878. The maximum Gasteiger partial charge on any atom is 0.305 e. The van der Waals surface area contributed by atoms with Gasteiger partial charge in [-0.25, -0.2) is 0 Å². The minimum atomic E-state index is -0.849. The number of carbonyl (C=O) groups is 2. The Morgan fingerprint density at radius 2 is 0.855 bits per heavy atom. The Kier molecular flexibility index (Phi) is 43.7. The number of unbranched alkanes of at least 4 members (excludes halogenated alkanes) is 31. The first-order valence-electron chi connectivity index (χ1n) is 24.1. The number of carbonyl (C=O) groups excluding carboxylic acids is 2. The lowest BCUT2D eigenvalue weighted by molar-refractivity contribution is -0.143. The molecule has 0 spiro atoms. The van der Waals surface area contributed by atoms with Gasteiger partial charge in [0.2, 0.25) is 5.91 Å². The Labute approximate surface area is 341 Å². The smallest absolute Gasteiger partial charge is 0.305 e. The molecule has 6 heteroatoms. The lowest BCUT2D eigenvalue weighted by Crippen LogP contribution is -2.45. The van der Waals surface area contributed by atoms with E-state index in [2.05, 4.69) is 31.3 Å². The maximum atomic E-state index is 12.4. The standard InChI is InChI=1S/C49H93NO5/c1-3-5-7-9-11-13-15-18-23-27-31-35-39-43-49(54)55-44-40-36-32-28-24-20-17-16-19-22-26-30-34-38-42-48(53)50-46(45-51)47(52)41-37-33-29-25-21-14-12-10-8-6-4-2/h13,15,37,41,46-47,51-52H,3-12,14,16-36,38-40,42-45H2,1-2H3,(H,50,53)/b15-13-,41-37+. The molecule has 0 saturated carbocycles. The van der Waals surface area contributed by atoms with Gasteiger partial charge in [-0.3, -0.25) is 9.59 Å². The average molecular weight is 776 g/mol. The van der Waals surface area contributed by atoms with Crippen LogP contribution < -0.4 is 5.32 Å². The second-order valence-corrected chi connectivity index (χ2v) is 16.4. The second kappa shape index (κ2) is 45.0. The molecular weight excluding hydrogens is 683 g/mol. The number of hydrogen-bond donors (Lipinski definition) is 3. The first-order chi connectivity index (χ1) is 27.0. The van der Waals surface area contributed by atoms with Crippen LogP contribution in [0.25, 0.3) is 0 Å². The van der Waals surface area contributed by atoms with Crippen LogP contribution in [-0.2, 0) is 14.3 Å². The molecular formula is C49H93NO5. The van der Waals surface area contributed by atoms with E-state index in [1.54, 1.807) is 6.08 Å². The van der Waals surface area contributed by atoms with Gasteiger partial charge in [-0.1, -0.05) is 205 Å². The van der Waals surface area contributed by atoms with E-state index < -0.39 is 12.1 Å². The molecule has 0 aromatic carbocycles. The SMILES string of the molecule is CCCCCC/C=C\CCCCCCCC(=O)OCCCCCCCCCCCCCCCCC(=O)NC(CO)C(O)/C=C/CCCCCCCCCCC. The molecule has 3 N–H and O–H groups in total. The Balaban J connectivity index is 3.47. The van der Waals surface area contributed by atoms with Crippen LogP contribution in [-0.4, -0.2) is 47.4 Å². The number of amides is 1. The van der Waals surface area contributed by atoms with Crippen molar-refractivity contribution >= 4 is 11.9 Å². The highest BCUT2D eigenvalue weighted by Crippen LogP contribution is 2.15. The van der Waals surface area contributed by atoms with Crippen LogP contribution in [0.4, 0.5) is 0 Å². The van der Waals surface area contributed by atoms with E-state index in [1.807, 2.05) is 6.08 Å². The van der Waals surface area contributed by atoms with Crippen LogP contribution in [0.5, 0.6) is 0 Å². The Morgan fingerprint density at radius 3 is 1.31 bits per heavy atom. The summed E-state index contributed by atoms with van der Waals surface area (Å²) in [5.74, 6) is -0.0941. The molecule has 0 fully saturated rings. The monoisotopic (exact) mass is 776 g/mol. The van der Waals surface area contributed by atoms with Crippen LogP contribution in [0.3, 0.4) is 0 Å². The van der Waals surface area contributed by atoms with E-state index >= 15 is 0 Å². The van der Waals surface area contributed by atoms with E-state index in [4.69, 9.17) is 4.74 Å². The van der Waals surface area contributed by atoms with E-state index in [1.165, 1.54) is 167 Å². The van der Waals surface area contributed by atoms with Gasteiger partial charge in [0, 0.05) is 12.8 Å². The van der Waals surface area contributed by atoms with Crippen LogP contribution in [0.2, 0.25) is 0 Å². The third-order valence-electron chi connectivity index (χ3n) is 11.0. The summed E-state index contributed by atoms with van der Waals surface area (Å²) < 4.78 is 5.45. The van der Waals surface area contributed by atoms with E-state index in [0.29, 0.717) is 19.4 Å². The van der Waals surface area contributed by atoms with Gasteiger partial charge in [0.05, 0.1) is 25.4 Å². The van der Waals surface area contributed by atoms with E-state index in [9.17, 15) is 19.8 Å². The number of allylic oxidation sites excluding steroid dienone is 3. The lowest BCUT2D eigenvalue weighted by Gasteiger charge is -2.20. The highest BCUT2D eigenvalue weighted by Gasteiger charge is 2.18. The van der Waals surface area contributed by atoms with E-state index in [0.717, 1.165) is 57.8 Å². The number of hydrogen-bond acceptors (Lipinski definition) is 5. The molecule has 0 aliphatic carbocycles. The van der Waals surface area contributed by atoms with Crippen LogP contribution in [0.1, 0.15) is 251 Å². The van der Waals surface area contributed by atoms with Gasteiger partial charge >= 0.3 is 5.97 Å². The number of aliphatic hydroxyl groups is 2. The molecule has 0 aliphatic rings. The molecule has 0 radical (unpaired) electrons. The molecule has 0 rings (SSSR count). The minimum Gasteiger partial charge on any atom is -0.466 e. The molecule has 0 heterocycles. The largest absolute Gasteiger partial charge is 0.466 e. The molecule has 0 bridgehead atoms. The van der Waals surface area contributed by atoms with Crippen LogP contribution >= 0.6 is 0 Å². The first-order valence-corrected chi connectivity index (χ1v) is 24.1. The zero-order valence-electron chi connectivity index (χ0n) is 36.7. The number of rotatable bonds is 44. The molecule has 0 saturated heterocycles. The summed E-state index contributed by atoms with van der Waals surface area (Å²) in [5, 5.41) is 22.9. The van der Waals surface area contributed by atoms with Crippen LogP contribution in [0, 0.1) is 0 Å². The minimum absolute atomic E-state index is 0.0134. The van der Waals surface area contributed by atoms with Gasteiger partial charge in [0.1, 0.15) is 0 Å². The van der Waals surface area contributed by atoms with Crippen molar-refractivity contribution in [2.24, 2.45) is 0 Å². The normalized spacial score (nSPS) is 12.9. The fourth-order valence-electron chi connectivity index (χ4n) is 7.21. The Morgan fingerprint density at radius 1 is 0.491 bits per heavy atom. The first kappa shape index (κ1) is 53.3. The van der Waals surface area contributed by atoms with Crippen molar-refractivity contribution in [3.63, 3.8) is 0 Å². The quantitative estimate of drug-likeness (QED) is 0.0325. The zero-order valence-corrected chi connectivity index (χ0v) is 36.7. The molecule has 0 aromatic heterocycles. The van der Waals surface area contributed by atoms with Crippen molar-refractivity contribution in [1.82, 2.24) is 5.32 Å². The second-order valence-electron chi connectivity index (χ2n) is 16.4. The third-order valence-corrected chi connectivity index (χ3v) is 11.0. The van der Waals surface area contributed by atoms with Gasteiger partial charge in [0.25, 0.3) is 0 Å². The molecule has 0 aromatic rings. The summed E-state index contributed by atoms with van der Waals surface area (Å²) in [7, 11) is 0. The van der Waals surface area contributed by atoms with Crippen LogP contribution in [0.15, 0.2) is 24.3 Å². The van der Waals surface area contributed by atoms with Crippen molar-refractivity contribution in [2.45, 2.75) is 264 Å². The summed E-state index contributed by atoms with van der Waals surface area (Å²) in [6, 6.07) is -0.634. The molecule has 0 aliphatic heterocycles. The summed E-state index contributed by atoms with van der Waals surface area (Å²) in [5.41, 5.74) is 0.